The lowest BCUT2D eigenvalue weighted by molar-refractivity contribution is -0.126. The van der Waals surface area contributed by atoms with Crippen LogP contribution in [0, 0.1) is 0 Å². The van der Waals surface area contributed by atoms with Crippen molar-refractivity contribution in [2.45, 2.75) is 64.3 Å². The lowest BCUT2D eigenvalue weighted by Gasteiger charge is -2.39. The highest BCUT2D eigenvalue weighted by atomic mass is 16.6. The third-order valence-electron chi connectivity index (χ3n) is 8.23. The van der Waals surface area contributed by atoms with Crippen LogP contribution >= 0.6 is 0 Å². The van der Waals surface area contributed by atoms with E-state index >= 15 is 0 Å². The second-order valence-corrected chi connectivity index (χ2v) is 12.9. The van der Waals surface area contributed by atoms with Gasteiger partial charge in [0.1, 0.15) is 23.7 Å². The monoisotopic (exact) mass is 661 g/mol. The minimum absolute atomic E-state index is 0.0243. The third kappa shape index (κ3) is 10.7. The number of benzene rings is 3. The van der Waals surface area contributed by atoms with E-state index < -0.39 is 11.7 Å². The molecule has 3 aromatic carbocycles. The van der Waals surface area contributed by atoms with Gasteiger partial charge in [-0.1, -0.05) is 48.5 Å². The Labute approximate surface area is 285 Å². The largest absolute Gasteiger partial charge is 0.496 e. The molecular weight excluding hydrogens is 610 g/mol. The van der Waals surface area contributed by atoms with E-state index in [0.717, 1.165) is 40.3 Å². The number of nitrogens with zero attached hydrogens (tertiary/aromatic N) is 2. The molecule has 0 saturated carbocycles. The number of amides is 2. The molecule has 2 atom stereocenters. The minimum Gasteiger partial charge on any atom is -0.496 e. The fraction of sp³-hybridized carbons (Fsp3) is 0.474. The Hall–Kier alpha value is -4.12. The number of nitrogens with two attached hydrogens (primary N) is 1. The van der Waals surface area contributed by atoms with Gasteiger partial charge >= 0.3 is 6.09 Å². The number of hydrogen-bond acceptors (Lipinski definition) is 8. The molecule has 0 bridgehead atoms. The molecule has 1 aliphatic rings. The van der Waals surface area contributed by atoms with E-state index in [1.54, 1.807) is 24.0 Å². The third-order valence-corrected chi connectivity index (χ3v) is 8.23. The van der Waals surface area contributed by atoms with Gasteiger partial charge in [0.15, 0.2) is 0 Å². The van der Waals surface area contributed by atoms with Gasteiger partial charge in [0.05, 0.1) is 39.6 Å². The zero-order valence-electron chi connectivity index (χ0n) is 29.0. The van der Waals surface area contributed by atoms with Gasteiger partial charge in [-0.2, -0.15) is 0 Å². The first kappa shape index (κ1) is 36.7. The van der Waals surface area contributed by atoms with Crippen molar-refractivity contribution in [3.05, 3.63) is 89.5 Å². The van der Waals surface area contributed by atoms with Gasteiger partial charge in [-0.15, -0.1) is 0 Å². The Morgan fingerprint density at radius 3 is 2.38 bits per heavy atom. The van der Waals surface area contributed by atoms with E-state index in [0.29, 0.717) is 52.3 Å². The van der Waals surface area contributed by atoms with Crippen molar-refractivity contribution in [3.63, 3.8) is 0 Å². The van der Waals surface area contributed by atoms with Crippen LogP contribution in [0.15, 0.2) is 72.8 Å². The summed E-state index contributed by atoms with van der Waals surface area (Å²) in [6.45, 7) is 8.32. The molecule has 10 nitrogen and oxygen atoms in total. The minimum atomic E-state index is -0.614. The molecule has 0 radical (unpaired) electrons. The van der Waals surface area contributed by atoms with Gasteiger partial charge in [0.25, 0.3) is 5.91 Å². The van der Waals surface area contributed by atoms with Crippen LogP contribution < -0.4 is 20.1 Å². The van der Waals surface area contributed by atoms with Crippen LogP contribution in [-0.2, 0) is 32.0 Å². The Bertz CT molecular complexity index is 1460. The fourth-order valence-corrected chi connectivity index (χ4v) is 5.74. The zero-order valence-corrected chi connectivity index (χ0v) is 29.0. The first-order chi connectivity index (χ1) is 23.1. The zero-order chi connectivity index (χ0) is 34.5. The summed E-state index contributed by atoms with van der Waals surface area (Å²) in [4.78, 5) is 29.6. The second-order valence-electron chi connectivity index (χ2n) is 12.9. The standard InChI is InChI=1S/C38H51N3O7/c1-38(2,3)48-37(43)41-22-20-32(35(25-41)47-27-36(42)40(4)33-13-8-6-11-29(33)19-21-39)28-15-17-31(18-16-28)46-24-10-23-45-26-30-12-7-9-14-34(30)44-5/h6-9,11-18,32,35H,10,19-27,39H2,1-5H3. The normalized spacial score (nSPS) is 16.3. The Balaban J connectivity index is 1.35. The molecular formula is C38H51N3O7. The van der Waals surface area contributed by atoms with E-state index in [2.05, 4.69) is 0 Å². The van der Waals surface area contributed by atoms with Crippen molar-refractivity contribution in [1.29, 1.82) is 0 Å². The average molecular weight is 662 g/mol. The number of anilines is 1. The summed E-state index contributed by atoms with van der Waals surface area (Å²) in [5.74, 6) is 1.38. The van der Waals surface area contributed by atoms with Crippen LogP contribution in [0.5, 0.6) is 11.5 Å². The van der Waals surface area contributed by atoms with Gasteiger partial charge in [-0.05, 0) is 75.5 Å². The molecule has 3 aromatic rings. The number of ether oxygens (including phenoxy) is 5. The molecule has 48 heavy (non-hydrogen) atoms. The molecule has 0 aliphatic carbocycles. The number of methoxy groups -OCH3 is 1. The van der Waals surface area contributed by atoms with Gasteiger partial charge in [0.2, 0.25) is 0 Å². The quantitative estimate of drug-likeness (QED) is 0.199. The van der Waals surface area contributed by atoms with Gasteiger partial charge in [0, 0.05) is 37.2 Å². The summed E-state index contributed by atoms with van der Waals surface area (Å²) in [5.41, 5.74) is 9.07. The first-order valence-electron chi connectivity index (χ1n) is 16.7. The molecule has 2 amide bonds. The Kier molecular flexibility index (Phi) is 13.7. The maximum atomic E-state index is 13.3. The van der Waals surface area contributed by atoms with Crippen molar-refractivity contribution in [1.82, 2.24) is 4.90 Å². The number of hydrogen-bond donors (Lipinski definition) is 1. The lowest BCUT2D eigenvalue weighted by atomic mass is 9.87. The van der Waals surface area contributed by atoms with Crippen LogP contribution in [0.25, 0.3) is 0 Å². The summed E-state index contributed by atoms with van der Waals surface area (Å²) in [5, 5.41) is 0. The predicted molar refractivity (Wildman–Crippen MR) is 187 cm³/mol. The van der Waals surface area contributed by atoms with Crippen LogP contribution in [-0.4, -0.2) is 82.2 Å². The SMILES string of the molecule is COc1ccccc1COCCCOc1ccc(C2CCN(C(=O)OC(C)(C)C)CC2OCC(=O)N(C)c2ccccc2CCN)cc1. The number of likely N-dealkylation sites (tertiary alicyclic amines) is 1. The first-order valence-corrected chi connectivity index (χ1v) is 16.7. The highest BCUT2D eigenvalue weighted by molar-refractivity contribution is 5.94. The van der Waals surface area contributed by atoms with Crippen molar-refractivity contribution in [2.75, 3.05) is 58.5 Å². The topological polar surface area (TPSA) is 113 Å². The van der Waals surface area contributed by atoms with E-state index in [4.69, 9.17) is 29.4 Å². The molecule has 4 rings (SSSR count). The summed E-state index contributed by atoms with van der Waals surface area (Å²) >= 11 is 0. The Morgan fingerprint density at radius 2 is 1.67 bits per heavy atom. The number of carbonyl (C=O) groups excluding carboxylic acids is 2. The molecule has 1 fully saturated rings. The lowest BCUT2D eigenvalue weighted by Crippen LogP contribution is -2.49. The van der Waals surface area contributed by atoms with Crippen LogP contribution in [0.2, 0.25) is 0 Å². The molecule has 1 saturated heterocycles. The molecule has 1 aliphatic heterocycles. The molecule has 260 valence electrons. The molecule has 10 heteroatoms. The molecule has 2 N–H and O–H groups in total. The van der Waals surface area contributed by atoms with Crippen LogP contribution in [0.1, 0.15) is 56.2 Å². The highest BCUT2D eigenvalue weighted by Gasteiger charge is 2.35. The maximum Gasteiger partial charge on any atom is 0.410 e. The van der Waals surface area contributed by atoms with Crippen molar-refractivity contribution in [2.24, 2.45) is 5.73 Å². The average Bonchev–Trinajstić information content (AvgIpc) is 3.08. The smallest absolute Gasteiger partial charge is 0.410 e. The van der Waals surface area contributed by atoms with Crippen molar-refractivity contribution < 1.29 is 33.3 Å². The fourth-order valence-electron chi connectivity index (χ4n) is 5.74. The van der Waals surface area contributed by atoms with Gasteiger partial charge in [-0.25, -0.2) is 4.79 Å². The van der Waals surface area contributed by atoms with Crippen molar-refractivity contribution in [3.8, 4) is 11.5 Å². The summed E-state index contributed by atoms with van der Waals surface area (Å²) in [7, 11) is 3.40. The highest BCUT2D eigenvalue weighted by Crippen LogP contribution is 2.33. The predicted octanol–water partition coefficient (Wildman–Crippen LogP) is 5.95. The number of piperidine rings is 1. The summed E-state index contributed by atoms with van der Waals surface area (Å²) in [6.07, 6.45) is 1.28. The van der Waals surface area contributed by atoms with Gasteiger partial charge < -0.3 is 39.2 Å². The number of rotatable bonds is 15. The van der Waals surface area contributed by atoms with E-state index in [1.165, 1.54) is 0 Å². The maximum absolute atomic E-state index is 13.3. The second kappa shape index (κ2) is 17.9. The molecule has 0 aromatic heterocycles. The van der Waals surface area contributed by atoms with Gasteiger partial charge in [-0.3, -0.25) is 4.79 Å². The number of carbonyl (C=O) groups is 2. The molecule has 2 unspecified atom stereocenters. The van der Waals surface area contributed by atoms with E-state index in [1.807, 2.05) is 93.6 Å². The van der Waals surface area contributed by atoms with E-state index in [-0.39, 0.29) is 24.5 Å². The Morgan fingerprint density at radius 1 is 0.958 bits per heavy atom. The molecule has 1 heterocycles. The number of para-hydroxylation sites is 2. The van der Waals surface area contributed by atoms with Crippen molar-refractivity contribution >= 4 is 17.7 Å². The summed E-state index contributed by atoms with van der Waals surface area (Å²) < 4.78 is 29.1. The van der Waals surface area contributed by atoms with E-state index in [9.17, 15) is 9.59 Å². The molecule has 0 spiro atoms. The van der Waals surface area contributed by atoms with Crippen LogP contribution in [0.4, 0.5) is 10.5 Å². The number of likely N-dealkylation sites (N-methyl/N-ethyl adjacent to an activating group) is 1. The van der Waals surface area contributed by atoms with Crippen LogP contribution in [0.3, 0.4) is 0 Å². The summed E-state index contributed by atoms with van der Waals surface area (Å²) in [6, 6.07) is 23.5.